The number of fused-ring (bicyclic) bond motifs is 1. The highest BCUT2D eigenvalue weighted by Gasteiger charge is 2.37. The molecule has 2 atom stereocenters. The summed E-state index contributed by atoms with van der Waals surface area (Å²) in [6.45, 7) is 3.87. The Morgan fingerprint density at radius 1 is 1.05 bits per heavy atom. The van der Waals surface area contributed by atoms with E-state index in [0.717, 1.165) is 42.9 Å². The molecule has 9 heteroatoms. The third kappa shape index (κ3) is 4.53. The number of piperidine rings is 1. The Morgan fingerprint density at radius 3 is 2.55 bits per heavy atom. The molecule has 3 aromatic heterocycles. The van der Waals surface area contributed by atoms with E-state index < -0.39 is 17.3 Å². The molecule has 2 fully saturated rings. The molecule has 0 radical (unpaired) electrons. The summed E-state index contributed by atoms with van der Waals surface area (Å²) < 4.78 is 47.2. The van der Waals surface area contributed by atoms with Crippen LogP contribution < -0.4 is 10.6 Å². The van der Waals surface area contributed by atoms with Gasteiger partial charge in [0.2, 0.25) is 0 Å². The van der Waals surface area contributed by atoms with Crippen LogP contribution in [0.2, 0.25) is 0 Å². The van der Waals surface area contributed by atoms with Gasteiger partial charge in [-0.15, -0.1) is 0 Å². The molecular weight excluding hydrogens is 489 g/mol. The van der Waals surface area contributed by atoms with Gasteiger partial charge in [0.25, 0.3) is 0 Å². The molecule has 4 aromatic rings. The quantitative estimate of drug-likeness (QED) is 0.372. The first kappa shape index (κ1) is 24.9. The molecule has 38 heavy (non-hydrogen) atoms. The van der Waals surface area contributed by atoms with E-state index in [4.69, 9.17) is 5.73 Å². The third-order valence-electron chi connectivity index (χ3n) is 7.93. The normalized spacial score (nSPS) is 21.3. The van der Waals surface area contributed by atoms with Crippen molar-refractivity contribution in [2.24, 2.45) is 11.7 Å². The molecule has 6 nitrogen and oxygen atoms in total. The predicted molar refractivity (Wildman–Crippen MR) is 141 cm³/mol. The number of nitrogens with zero attached hydrogens (tertiary/aromatic N) is 5. The van der Waals surface area contributed by atoms with Crippen molar-refractivity contribution in [1.29, 1.82) is 0 Å². The minimum atomic E-state index is -1.67. The fourth-order valence-corrected chi connectivity index (χ4v) is 6.12. The molecule has 2 aliphatic rings. The van der Waals surface area contributed by atoms with Gasteiger partial charge in [-0.25, -0.2) is 22.7 Å². The predicted octanol–water partition coefficient (Wildman–Crippen LogP) is 5.57. The maximum atomic E-state index is 15.2. The molecule has 1 saturated heterocycles. The molecule has 1 saturated carbocycles. The highest BCUT2D eigenvalue weighted by atomic mass is 19.1. The van der Waals surface area contributed by atoms with Crippen LogP contribution in [0, 0.1) is 17.6 Å². The lowest BCUT2D eigenvalue weighted by Gasteiger charge is -2.37. The van der Waals surface area contributed by atoms with Gasteiger partial charge in [-0.3, -0.25) is 4.98 Å². The van der Waals surface area contributed by atoms with Crippen LogP contribution in [0.3, 0.4) is 0 Å². The molecule has 198 valence electrons. The van der Waals surface area contributed by atoms with E-state index in [0.29, 0.717) is 36.5 Å². The van der Waals surface area contributed by atoms with Crippen molar-refractivity contribution in [2.75, 3.05) is 18.0 Å². The van der Waals surface area contributed by atoms with Gasteiger partial charge < -0.3 is 10.6 Å². The average Bonchev–Trinajstić information content (AvgIpc) is 3.50. The van der Waals surface area contributed by atoms with Crippen molar-refractivity contribution in [1.82, 2.24) is 19.6 Å². The second-order valence-corrected chi connectivity index (χ2v) is 10.9. The second kappa shape index (κ2) is 9.69. The molecule has 0 amide bonds. The molecule has 2 N–H and O–H groups in total. The van der Waals surface area contributed by atoms with Gasteiger partial charge in [-0.1, -0.05) is 6.92 Å². The molecule has 1 aliphatic carbocycles. The van der Waals surface area contributed by atoms with Crippen LogP contribution in [-0.2, 0) is 12.1 Å². The lowest BCUT2D eigenvalue weighted by molar-refractivity contribution is 0.173. The van der Waals surface area contributed by atoms with Crippen LogP contribution in [0.1, 0.15) is 56.0 Å². The Hall–Kier alpha value is -3.46. The fourth-order valence-electron chi connectivity index (χ4n) is 6.12. The van der Waals surface area contributed by atoms with Crippen molar-refractivity contribution in [2.45, 2.75) is 57.2 Å². The molecule has 0 unspecified atom stereocenters. The molecule has 1 aliphatic heterocycles. The topological polar surface area (TPSA) is 72.3 Å². The Labute approximate surface area is 219 Å². The summed E-state index contributed by atoms with van der Waals surface area (Å²) in [6, 6.07) is 7.63. The van der Waals surface area contributed by atoms with Gasteiger partial charge in [-0.05, 0) is 73.9 Å². The Bertz CT molecular complexity index is 1450. The average molecular weight is 521 g/mol. The summed E-state index contributed by atoms with van der Waals surface area (Å²) in [4.78, 5) is 11.2. The molecule has 6 rings (SSSR count). The highest BCUT2D eigenvalue weighted by Crippen LogP contribution is 2.43. The number of anilines is 1. The molecule has 4 heterocycles. The van der Waals surface area contributed by atoms with Gasteiger partial charge in [0.1, 0.15) is 23.1 Å². The minimum absolute atomic E-state index is 0.0639. The van der Waals surface area contributed by atoms with Gasteiger partial charge >= 0.3 is 0 Å². The van der Waals surface area contributed by atoms with Crippen LogP contribution in [0.5, 0.6) is 0 Å². The highest BCUT2D eigenvalue weighted by molar-refractivity contribution is 5.64. The Kier molecular flexibility index (Phi) is 6.34. The van der Waals surface area contributed by atoms with Crippen molar-refractivity contribution < 1.29 is 13.2 Å². The largest absolute Gasteiger partial charge is 0.369 e. The summed E-state index contributed by atoms with van der Waals surface area (Å²) in [6.07, 6.45) is 8.70. The fraction of sp³-hybridized carbons (Fsp3) is 0.414. The Morgan fingerprint density at radius 2 is 1.82 bits per heavy atom. The molecule has 0 spiro atoms. The van der Waals surface area contributed by atoms with E-state index in [2.05, 4.69) is 26.9 Å². The zero-order valence-electron chi connectivity index (χ0n) is 21.4. The minimum Gasteiger partial charge on any atom is -0.369 e. The summed E-state index contributed by atoms with van der Waals surface area (Å²) in [5, 5.41) is 4.56. The standard InChI is InChI=1S/C29H31F3N6/c1-18-10-21(33)17-37(16-18)26-6-9-34-14-19(26)11-27-35-15-22-4-5-25(36-38(22)27)28-23(30)12-20(13-24(28)31)29(32)7-2-3-8-29/h4-6,9,12-15,18,21H,2-3,7-8,10-11,16-17,33H2,1H3/t18-,21+/m1/s1. The summed E-state index contributed by atoms with van der Waals surface area (Å²) >= 11 is 0. The van der Waals surface area contributed by atoms with Gasteiger partial charge in [-0.2, -0.15) is 5.10 Å². The summed E-state index contributed by atoms with van der Waals surface area (Å²) in [5.41, 5.74) is 7.27. The van der Waals surface area contributed by atoms with Gasteiger partial charge in [0.05, 0.1) is 23.0 Å². The van der Waals surface area contributed by atoms with Crippen molar-refractivity contribution in [3.63, 3.8) is 0 Å². The number of pyridine rings is 1. The van der Waals surface area contributed by atoms with Crippen molar-refractivity contribution >= 4 is 11.2 Å². The van der Waals surface area contributed by atoms with E-state index in [-0.39, 0.29) is 35.7 Å². The second-order valence-electron chi connectivity index (χ2n) is 10.9. The number of imidazole rings is 1. The number of aromatic nitrogens is 4. The van der Waals surface area contributed by atoms with Crippen molar-refractivity contribution in [3.05, 3.63) is 77.5 Å². The third-order valence-corrected chi connectivity index (χ3v) is 7.93. The van der Waals surface area contributed by atoms with Crippen molar-refractivity contribution in [3.8, 4) is 11.3 Å². The number of hydrogen-bond acceptors (Lipinski definition) is 5. The lowest BCUT2D eigenvalue weighted by Crippen LogP contribution is -2.46. The van der Waals surface area contributed by atoms with Gasteiger partial charge in [0.15, 0.2) is 0 Å². The van der Waals surface area contributed by atoms with Crippen LogP contribution in [0.4, 0.5) is 18.9 Å². The van der Waals surface area contributed by atoms with E-state index >= 15 is 13.2 Å². The first-order chi connectivity index (χ1) is 18.3. The maximum absolute atomic E-state index is 15.2. The first-order valence-corrected chi connectivity index (χ1v) is 13.3. The summed E-state index contributed by atoms with van der Waals surface area (Å²) in [5.74, 6) is -0.532. The molecular formula is C29H31F3N6. The van der Waals surface area contributed by atoms with E-state index in [1.807, 2.05) is 12.3 Å². The van der Waals surface area contributed by atoms with E-state index in [1.165, 1.54) is 0 Å². The molecule has 1 aromatic carbocycles. The smallest absolute Gasteiger partial charge is 0.136 e. The van der Waals surface area contributed by atoms with Crippen LogP contribution in [0.15, 0.2) is 48.9 Å². The number of alkyl halides is 1. The van der Waals surface area contributed by atoms with E-state index in [9.17, 15) is 0 Å². The number of hydrogen-bond donors (Lipinski definition) is 1. The zero-order chi connectivity index (χ0) is 26.4. The molecule has 0 bridgehead atoms. The zero-order valence-corrected chi connectivity index (χ0v) is 21.4. The lowest BCUT2D eigenvalue weighted by atomic mass is 9.92. The van der Waals surface area contributed by atoms with Gasteiger partial charge in [0, 0.05) is 49.2 Å². The van der Waals surface area contributed by atoms with Crippen LogP contribution in [-0.4, -0.2) is 38.7 Å². The first-order valence-electron chi connectivity index (χ1n) is 13.3. The number of benzene rings is 1. The number of nitrogens with two attached hydrogens (primary N) is 1. The Balaban J connectivity index is 1.34. The monoisotopic (exact) mass is 520 g/mol. The van der Waals surface area contributed by atoms with Crippen LogP contribution >= 0.6 is 0 Å². The number of rotatable bonds is 5. The van der Waals surface area contributed by atoms with Crippen LogP contribution in [0.25, 0.3) is 16.8 Å². The number of halogens is 3. The SMILES string of the molecule is C[C@@H]1C[C@H](N)CN(c2ccncc2Cc2ncc3ccc(-c4c(F)cc(C5(F)CCCC5)cc4F)nn23)C1. The summed E-state index contributed by atoms with van der Waals surface area (Å²) in [7, 11) is 0. The van der Waals surface area contributed by atoms with E-state index in [1.54, 1.807) is 29.0 Å². The maximum Gasteiger partial charge on any atom is 0.136 e.